The van der Waals surface area contributed by atoms with Crippen LogP contribution in [0.2, 0.25) is 0 Å². The van der Waals surface area contributed by atoms with Crippen molar-refractivity contribution in [3.05, 3.63) is 35.4 Å². The molecule has 1 saturated heterocycles. The number of aryl methyl sites for hydroxylation is 1. The van der Waals surface area contributed by atoms with Crippen molar-refractivity contribution in [3.63, 3.8) is 0 Å². The van der Waals surface area contributed by atoms with Crippen molar-refractivity contribution in [1.82, 2.24) is 4.90 Å². The van der Waals surface area contributed by atoms with E-state index in [1.54, 1.807) is 0 Å². The van der Waals surface area contributed by atoms with Crippen molar-refractivity contribution in [1.29, 1.82) is 0 Å². The van der Waals surface area contributed by atoms with Crippen LogP contribution in [0, 0.1) is 18.8 Å². The van der Waals surface area contributed by atoms with E-state index in [1.165, 1.54) is 11.1 Å². The summed E-state index contributed by atoms with van der Waals surface area (Å²) in [4.78, 5) is 15.1. The van der Waals surface area contributed by atoms with Gasteiger partial charge in [-0.1, -0.05) is 36.2 Å². The average molecular weight is 300 g/mol. The van der Waals surface area contributed by atoms with Gasteiger partial charge in [0.2, 0.25) is 5.91 Å². The molecule has 0 bridgehead atoms. The summed E-state index contributed by atoms with van der Waals surface area (Å²) in [6.45, 7) is 3.71. The number of nitrogens with two attached hydrogens (primary N) is 1. The molecule has 2 N–H and O–H groups in total. The van der Waals surface area contributed by atoms with Crippen molar-refractivity contribution in [2.45, 2.75) is 51.5 Å². The predicted octanol–water partition coefficient (Wildman–Crippen LogP) is 2.90. The van der Waals surface area contributed by atoms with Gasteiger partial charge in [0.15, 0.2) is 0 Å². The van der Waals surface area contributed by atoms with Crippen LogP contribution >= 0.6 is 0 Å². The second-order valence-corrected chi connectivity index (χ2v) is 7.05. The summed E-state index contributed by atoms with van der Waals surface area (Å²) >= 11 is 0. The zero-order chi connectivity index (χ0) is 15.5. The van der Waals surface area contributed by atoms with Crippen LogP contribution in [0.25, 0.3) is 0 Å². The van der Waals surface area contributed by atoms with Gasteiger partial charge in [-0.25, -0.2) is 0 Å². The number of carbonyl (C=O) groups is 1. The van der Waals surface area contributed by atoms with E-state index in [1.807, 2.05) is 0 Å². The smallest absolute Gasteiger partial charge is 0.226 e. The topological polar surface area (TPSA) is 46.3 Å². The van der Waals surface area contributed by atoms with Crippen LogP contribution in [-0.4, -0.2) is 29.9 Å². The summed E-state index contributed by atoms with van der Waals surface area (Å²) in [5, 5.41) is 0. The lowest BCUT2D eigenvalue weighted by molar-refractivity contribution is -0.137. The summed E-state index contributed by atoms with van der Waals surface area (Å²) in [6.07, 6.45) is 6.60. The lowest BCUT2D eigenvalue weighted by atomic mass is 9.94. The van der Waals surface area contributed by atoms with E-state index in [9.17, 15) is 4.79 Å². The van der Waals surface area contributed by atoms with Gasteiger partial charge in [0, 0.05) is 18.5 Å². The van der Waals surface area contributed by atoms with Crippen LogP contribution in [0.1, 0.15) is 43.2 Å². The maximum Gasteiger partial charge on any atom is 0.226 e. The Bertz CT molecular complexity index is 511. The molecule has 0 spiro atoms. The number of hydrogen-bond donors (Lipinski definition) is 1. The van der Waals surface area contributed by atoms with Crippen LogP contribution in [0.4, 0.5) is 0 Å². The van der Waals surface area contributed by atoms with Crippen LogP contribution in [0.15, 0.2) is 24.3 Å². The first-order valence-electron chi connectivity index (χ1n) is 8.75. The average Bonchev–Trinajstić information content (AvgIpc) is 3.17. The molecule has 1 saturated carbocycles. The molecule has 2 aliphatic rings. The van der Waals surface area contributed by atoms with Gasteiger partial charge < -0.3 is 10.6 Å². The van der Waals surface area contributed by atoms with E-state index in [0.717, 1.165) is 45.1 Å². The van der Waals surface area contributed by atoms with Gasteiger partial charge in [-0.3, -0.25) is 4.79 Å². The lowest BCUT2D eigenvalue weighted by Crippen LogP contribution is -2.42. The van der Waals surface area contributed by atoms with Gasteiger partial charge in [0.25, 0.3) is 0 Å². The molecule has 1 heterocycles. The highest BCUT2D eigenvalue weighted by Gasteiger charge is 2.38. The van der Waals surface area contributed by atoms with E-state index < -0.39 is 0 Å². The molecular formula is C19H28N2O. The predicted molar refractivity (Wildman–Crippen MR) is 89.5 cm³/mol. The minimum atomic E-state index is 0.184. The highest BCUT2D eigenvalue weighted by molar-refractivity contribution is 5.80. The second kappa shape index (κ2) is 6.82. The van der Waals surface area contributed by atoms with E-state index in [0.29, 0.717) is 24.4 Å². The Hall–Kier alpha value is -1.35. The molecule has 1 aliphatic heterocycles. The molecule has 2 fully saturated rings. The maximum absolute atomic E-state index is 12.9. The molecule has 0 aromatic heterocycles. The fourth-order valence-electron chi connectivity index (χ4n) is 4.19. The number of hydrogen-bond acceptors (Lipinski definition) is 2. The monoisotopic (exact) mass is 300 g/mol. The number of nitrogens with zero attached hydrogens (tertiary/aromatic N) is 1. The Morgan fingerprint density at radius 3 is 2.68 bits per heavy atom. The third kappa shape index (κ3) is 3.19. The third-order valence-electron chi connectivity index (χ3n) is 5.53. The first-order valence-corrected chi connectivity index (χ1v) is 8.75. The summed E-state index contributed by atoms with van der Waals surface area (Å²) in [7, 11) is 0. The second-order valence-electron chi connectivity index (χ2n) is 7.05. The van der Waals surface area contributed by atoms with Gasteiger partial charge in [-0.15, -0.1) is 0 Å². The quantitative estimate of drug-likeness (QED) is 0.929. The molecule has 1 unspecified atom stereocenters. The molecular weight excluding hydrogens is 272 g/mol. The third-order valence-corrected chi connectivity index (χ3v) is 5.53. The summed E-state index contributed by atoms with van der Waals surface area (Å²) in [6, 6.07) is 9.12. The lowest BCUT2D eigenvalue weighted by Gasteiger charge is -2.29. The molecule has 3 rings (SSSR count). The number of carbonyl (C=O) groups excluding carboxylic acids is 1. The van der Waals surface area contributed by atoms with Gasteiger partial charge in [0.05, 0.1) is 0 Å². The molecule has 1 aliphatic carbocycles. The number of benzene rings is 1. The zero-order valence-electron chi connectivity index (χ0n) is 13.6. The Morgan fingerprint density at radius 1 is 1.18 bits per heavy atom. The Balaban J connectivity index is 1.67. The molecule has 3 atom stereocenters. The summed E-state index contributed by atoms with van der Waals surface area (Å²) < 4.78 is 0. The van der Waals surface area contributed by atoms with Crippen LogP contribution in [0.3, 0.4) is 0 Å². The zero-order valence-corrected chi connectivity index (χ0v) is 13.6. The molecule has 3 heteroatoms. The SMILES string of the molecule is Cc1ccc(CC2CCCN2C(=O)[C@@H]2CCC[C@@H]2CN)cc1. The van der Waals surface area contributed by atoms with Crippen molar-refractivity contribution in [2.75, 3.05) is 13.1 Å². The maximum atomic E-state index is 12.9. The van der Waals surface area contributed by atoms with E-state index >= 15 is 0 Å². The van der Waals surface area contributed by atoms with Gasteiger partial charge in [-0.2, -0.15) is 0 Å². The van der Waals surface area contributed by atoms with Crippen molar-refractivity contribution in [2.24, 2.45) is 17.6 Å². The number of rotatable bonds is 4. The molecule has 1 amide bonds. The first kappa shape index (κ1) is 15.5. The molecule has 3 nitrogen and oxygen atoms in total. The Labute approximate surface area is 133 Å². The molecule has 1 aromatic carbocycles. The van der Waals surface area contributed by atoms with E-state index in [4.69, 9.17) is 5.73 Å². The highest BCUT2D eigenvalue weighted by Crippen LogP contribution is 2.34. The van der Waals surface area contributed by atoms with E-state index in [-0.39, 0.29) is 5.92 Å². The molecule has 1 aromatic rings. The number of likely N-dealkylation sites (tertiary alicyclic amines) is 1. The van der Waals surface area contributed by atoms with Gasteiger partial charge in [0.1, 0.15) is 0 Å². The van der Waals surface area contributed by atoms with Gasteiger partial charge in [-0.05, 0) is 57.1 Å². The molecule has 0 radical (unpaired) electrons. The largest absolute Gasteiger partial charge is 0.339 e. The fourth-order valence-corrected chi connectivity index (χ4v) is 4.19. The fraction of sp³-hybridized carbons (Fsp3) is 0.632. The van der Waals surface area contributed by atoms with Crippen LogP contribution in [0.5, 0.6) is 0 Å². The standard InChI is InChI=1S/C19H28N2O/c1-14-7-9-15(10-8-14)12-17-5-3-11-21(17)19(22)18-6-2-4-16(18)13-20/h7-10,16-18H,2-6,11-13,20H2,1H3/t16-,17?,18-/m1/s1. The molecule has 22 heavy (non-hydrogen) atoms. The van der Waals surface area contributed by atoms with E-state index in [2.05, 4.69) is 36.1 Å². The highest BCUT2D eigenvalue weighted by atomic mass is 16.2. The minimum Gasteiger partial charge on any atom is -0.339 e. The Morgan fingerprint density at radius 2 is 1.95 bits per heavy atom. The molecule has 120 valence electrons. The van der Waals surface area contributed by atoms with Crippen LogP contribution in [-0.2, 0) is 11.2 Å². The minimum absolute atomic E-state index is 0.184. The number of amides is 1. The first-order chi connectivity index (χ1) is 10.7. The normalized spacial score (nSPS) is 28.3. The Kier molecular flexibility index (Phi) is 4.82. The summed E-state index contributed by atoms with van der Waals surface area (Å²) in [5.41, 5.74) is 8.50. The van der Waals surface area contributed by atoms with Crippen molar-refractivity contribution in [3.8, 4) is 0 Å². The van der Waals surface area contributed by atoms with Crippen molar-refractivity contribution >= 4 is 5.91 Å². The van der Waals surface area contributed by atoms with Gasteiger partial charge >= 0.3 is 0 Å². The van der Waals surface area contributed by atoms with Crippen LogP contribution < -0.4 is 5.73 Å². The van der Waals surface area contributed by atoms with Crippen molar-refractivity contribution < 1.29 is 4.79 Å². The summed E-state index contributed by atoms with van der Waals surface area (Å²) in [5.74, 6) is 0.972.